The molecule has 0 bridgehead atoms. The van der Waals surface area contributed by atoms with E-state index in [1.165, 1.54) is 6.92 Å². The van der Waals surface area contributed by atoms with Gasteiger partial charge >= 0.3 is 11.9 Å². The fourth-order valence-electron chi connectivity index (χ4n) is 1.53. The van der Waals surface area contributed by atoms with Crippen LogP contribution in [-0.4, -0.2) is 23.1 Å². The molecule has 0 aromatic carbocycles. The van der Waals surface area contributed by atoms with Gasteiger partial charge in [0.25, 0.3) is 0 Å². The molecule has 1 aliphatic rings. The zero-order chi connectivity index (χ0) is 11.6. The topological polar surface area (TPSA) is 63.6 Å². The molecular weight excluding hydrogens is 196 g/mol. The van der Waals surface area contributed by atoms with Crippen LogP contribution in [0.5, 0.6) is 0 Å². The SMILES string of the molecule is CC(=CCC1CC(C)(C)C(=O)O1)C(=O)O. The van der Waals surface area contributed by atoms with Crippen LogP contribution in [0.2, 0.25) is 0 Å². The number of rotatable bonds is 3. The molecule has 1 unspecified atom stereocenters. The lowest BCUT2D eigenvalue weighted by Crippen LogP contribution is -2.16. The van der Waals surface area contributed by atoms with Crippen molar-refractivity contribution in [3.05, 3.63) is 11.6 Å². The molecule has 1 fully saturated rings. The summed E-state index contributed by atoms with van der Waals surface area (Å²) < 4.78 is 5.13. The van der Waals surface area contributed by atoms with Gasteiger partial charge in [0.1, 0.15) is 6.10 Å². The van der Waals surface area contributed by atoms with Crippen molar-refractivity contribution in [2.45, 2.75) is 39.7 Å². The second kappa shape index (κ2) is 4.04. The molecule has 4 nitrogen and oxygen atoms in total. The summed E-state index contributed by atoms with van der Waals surface area (Å²) in [5.74, 6) is -1.13. The molecule has 0 amide bonds. The first-order valence-electron chi connectivity index (χ1n) is 4.94. The molecule has 1 saturated heterocycles. The summed E-state index contributed by atoms with van der Waals surface area (Å²) >= 11 is 0. The van der Waals surface area contributed by atoms with E-state index in [1.807, 2.05) is 13.8 Å². The van der Waals surface area contributed by atoms with Crippen molar-refractivity contribution >= 4 is 11.9 Å². The van der Waals surface area contributed by atoms with Crippen LogP contribution >= 0.6 is 0 Å². The van der Waals surface area contributed by atoms with Crippen molar-refractivity contribution in [1.82, 2.24) is 0 Å². The Labute approximate surface area is 88.9 Å². The minimum Gasteiger partial charge on any atom is -0.478 e. The Morgan fingerprint density at radius 3 is 2.67 bits per heavy atom. The summed E-state index contributed by atoms with van der Waals surface area (Å²) in [6.07, 6.45) is 2.55. The molecule has 1 rings (SSSR count). The maximum atomic E-state index is 11.3. The minimum absolute atomic E-state index is 0.179. The van der Waals surface area contributed by atoms with Crippen molar-refractivity contribution < 1.29 is 19.4 Å². The first-order chi connectivity index (χ1) is 6.83. The summed E-state index contributed by atoms with van der Waals surface area (Å²) in [5, 5.41) is 8.63. The molecule has 1 N–H and O–H groups in total. The minimum atomic E-state index is -0.932. The summed E-state index contributed by atoms with van der Waals surface area (Å²) in [6, 6.07) is 0. The summed E-state index contributed by atoms with van der Waals surface area (Å²) in [5.41, 5.74) is -0.147. The third-order valence-corrected chi connectivity index (χ3v) is 2.59. The zero-order valence-corrected chi connectivity index (χ0v) is 9.24. The van der Waals surface area contributed by atoms with Crippen molar-refractivity contribution in [2.24, 2.45) is 5.41 Å². The van der Waals surface area contributed by atoms with Gasteiger partial charge in [-0.3, -0.25) is 4.79 Å². The van der Waals surface area contributed by atoms with Crippen LogP contribution in [-0.2, 0) is 14.3 Å². The molecule has 0 radical (unpaired) electrons. The third-order valence-electron chi connectivity index (χ3n) is 2.59. The predicted octanol–water partition coefficient (Wildman–Crippen LogP) is 1.75. The first-order valence-corrected chi connectivity index (χ1v) is 4.94. The smallest absolute Gasteiger partial charge is 0.330 e. The fraction of sp³-hybridized carbons (Fsp3) is 0.636. The van der Waals surface area contributed by atoms with E-state index < -0.39 is 11.4 Å². The zero-order valence-electron chi connectivity index (χ0n) is 9.24. The molecule has 1 heterocycles. The highest BCUT2D eigenvalue weighted by atomic mass is 16.6. The number of hydrogen-bond acceptors (Lipinski definition) is 3. The van der Waals surface area contributed by atoms with E-state index in [4.69, 9.17) is 9.84 Å². The van der Waals surface area contributed by atoms with Crippen molar-refractivity contribution in [2.75, 3.05) is 0 Å². The van der Waals surface area contributed by atoms with Crippen LogP contribution in [0.25, 0.3) is 0 Å². The van der Waals surface area contributed by atoms with Gasteiger partial charge in [-0.05, 0) is 20.8 Å². The lowest BCUT2D eigenvalue weighted by atomic mass is 9.89. The molecule has 1 atom stereocenters. The predicted molar refractivity (Wildman–Crippen MR) is 54.3 cm³/mol. The van der Waals surface area contributed by atoms with Crippen LogP contribution in [0.15, 0.2) is 11.6 Å². The number of carboxylic acid groups (broad SMARTS) is 1. The highest BCUT2D eigenvalue weighted by Crippen LogP contribution is 2.34. The van der Waals surface area contributed by atoms with Crippen LogP contribution in [0.3, 0.4) is 0 Å². The lowest BCUT2D eigenvalue weighted by Gasteiger charge is -2.09. The van der Waals surface area contributed by atoms with E-state index in [0.29, 0.717) is 12.8 Å². The van der Waals surface area contributed by atoms with Gasteiger partial charge in [-0.1, -0.05) is 6.08 Å². The van der Waals surface area contributed by atoms with Crippen molar-refractivity contribution in [3.63, 3.8) is 0 Å². The number of ether oxygens (including phenoxy) is 1. The monoisotopic (exact) mass is 212 g/mol. The summed E-state index contributed by atoms with van der Waals surface area (Å²) in [6.45, 7) is 5.20. The number of hydrogen-bond donors (Lipinski definition) is 1. The molecule has 0 aromatic rings. The second-order valence-corrected chi connectivity index (χ2v) is 4.54. The number of carbonyl (C=O) groups excluding carboxylic acids is 1. The maximum absolute atomic E-state index is 11.3. The maximum Gasteiger partial charge on any atom is 0.330 e. The number of carboxylic acids is 1. The molecule has 15 heavy (non-hydrogen) atoms. The highest BCUT2D eigenvalue weighted by molar-refractivity contribution is 5.85. The Morgan fingerprint density at radius 1 is 1.67 bits per heavy atom. The number of esters is 1. The van der Waals surface area contributed by atoms with Crippen molar-refractivity contribution in [1.29, 1.82) is 0 Å². The Hall–Kier alpha value is -1.32. The quantitative estimate of drug-likeness (QED) is 0.571. The van der Waals surface area contributed by atoms with Gasteiger partial charge in [0.05, 0.1) is 5.41 Å². The lowest BCUT2D eigenvalue weighted by molar-refractivity contribution is -0.147. The number of carbonyl (C=O) groups is 2. The van der Waals surface area contributed by atoms with Gasteiger partial charge in [0.2, 0.25) is 0 Å². The van der Waals surface area contributed by atoms with Crippen LogP contribution in [0.1, 0.15) is 33.6 Å². The van der Waals surface area contributed by atoms with Gasteiger partial charge in [0, 0.05) is 18.4 Å². The Morgan fingerprint density at radius 2 is 2.27 bits per heavy atom. The van der Waals surface area contributed by atoms with E-state index in [9.17, 15) is 9.59 Å². The summed E-state index contributed by atoms with van der Waals surface area (Å²) in [7, 11) is 0. The van der Waals surface area contributed by atoms with Crippen LogP contribution < -0.4 is 0 Å². The van der Waals surface area contributed by atoms with Gasteiger partial charge < -0.3 is 9.84 Å². The molecule has 0 aromatic heterocycles. The van der Waals surface area contributed by atoms with E-state index in [2.05, 4.69) is 0 Å². The van der Waals surface area contributed by atoms with E-state index in [0.717, 1.165) is 0 Å². The Bertz CT molecular complexity index is 315. The molecule has 0 spiro atoms. The Kier molecular flexibility index (Phi) is 3.17. The third kappa shape index (κ3) is 2.81. The molecule has 84 valence electrons. The standard InChI is InChI=1S/C11H16O4/c1-7(9(12)13)4-5-8-6-11(2,3)10(14)15-8/h4,8H,5-6H2,1-3H3,(H,12,13). The van der Waals surface area contributed by atoms with Gasteiger partial charge in [0.15, 0.2) is 0 Å². The number of aliphatic carboxylic acids is 1. The molecule has 0 aliphatic carbocycles. The van der Waals surface area contributed by atoms with E-state index in [1.54, 1.807) is 6.08 Å². The Balaban J connectivity index is 2.54. The van der Waals surface area contributed by atoms with Crippen molar-refractivity contribution in [3.8, 4) is 0 Å². The van der Waals surface area contributed by atoms with E-state index >= 15 is 0 Å². The highest BCUT2D eigenvalue weighted by Gasteiger charge is 2.40. The van der Waals surface area contributed by atoms with Gasteiger partial charge in [-0.15, -0.1) is 0 Å². The number of cyclic esters (lactones) is 1. The summed E-state index contributed by atoms with van der Waals surface area (Å²) in [4.78, 5) is 21.8. The molecule has 4 heteroatoms. The molecule has 1 aliphatic heterocycles. The molecule has 0 saturated carbocycles. The normalized spacial score (nSPS) is 25.1. The average molecular weight is 212 g/mol. The van der Waals surface area contributed by atoms with E-state index in [-0.39, 0.29) is 17.6 Å². The average Bonchev–Trinajstić information content (AvgIpc) is 2.36. The molecular formula is C11H16O4. The van der Waals surface area contributed by atoms with Crippen LogP contribution in [0, 0.1) is 5.41 Å². The largest absolute Gasteiger partial charge is 0.478 e. The van der Waals surface area contributed by atoms with Gasteiger partial charge in [-0.25, -0.2) is 4.79 Å². The van der Waals surface area contributed by atoms with Gasteiger partial charge in [-0.2, -0.15) is 0 Å². The first kappa shape index (κ1) is 11.8. The van der Waals surface area contributed by atoms with Crippen LogP contribution in [0.4, 0.5) is 0 Å². The second-order valence-electron chi connectivity index (χ2n) is 4.54. The fourth-order valence-corrected chi connectivity index (χ4v) is 1.53.